The average molecular weight is 211 g/mol. The Kier molecular flexibility index (Phi) is 3.53. The van der Waals surface area contributed by atoms with Crippen LogP contribution in [0.4, 0.5) is 5.69 Å². The van der Waals surface area contributed by atoms with Gasteiger partial charge in [-0.05, 0) is 11.6 Å². The Morgan fingerprint density at radius 3 is 2.86 bits per heavy atom. The molecule has 0 amide bonds. The van der Waals surface area contributed by atoms with E-state index in [-0.39, 0.29) is 11.4 Å². The minimum atomic E-state index is -0.618. The number of aromatic hydroxyl groups is 1. The Labute approximate surface area is 86.4 Å². The van der Waals surface area contributed by atoms with E-state index in [0.29, 0.717) is 11.3 Å². The standard InChI is InChI=1S/C9H9NO3S/c11-9-4-3-7(2-1-5-14)6-8(9)10(12)13/h1-4,6,11,14H,5H2. The second-order valence-electron chi connectivity index (χ2n) is 2.59. The second-order valence-corrected chi connectivity index (χ2v) is 2.96. The maximum atomic E-state index is 10.5. The summed E-state index contributed by atoms with van der Waals surface area (Å²) in [6.07, 6.45) is 3.47. The molecule has 0 saturated carbocycles. The van der Waals surface area contributed by atoms with Gasteiger partial charge in [-0.2, -0.15) is 12.6 Å². The Morgan fingerprint density at radius 2 is 2.29 bits per heavy atom. The number of nitro groups is 1. The quantitative estimate of drug-likeness (QED) is 0.458. The van der Waals surface area contributed by atoms with E-state index in [2.05, 4.69) is 12.6 Å². The highest BCUT2D eigenvalue weighted by atomic mass is 32.1. The van der Waals surface area contributed by atoms with Crippen LogP contribution in [0.3, 0.4) is 0 Å². The van der Waals surface area contributed by atoms with Crippen molar-refractivity contribution in [3.05, 3.63) is 40.0 Å². The summed E-state index contributed by atoms with van der Waals surface area (Å²) in [6.45, 7) is 0. The fourth-order valence-corrected chi connectivity index (χ4v) is 1.08. The van der Waals surface area contributed by atoms with Crippen LogP contribution in [-0.4, -0.2) is 15.8 Å². The molecular weight excluding hydrogens is 202 g/mol. The highest BCUT2D eigenvalue weighted by Gasteiger charge is 2.12. The molecule has 4 nitrogen and oxygen atoms in total. The molecular formula is C9H9NO3S. The van der Waals surface area contributed by atoms with E-state index in [1.807, 2.05) is 0 Å². The minimum Gasteiger partial charge on any atom is -0.502 e. The summed E-state index contributed by atoms with van der Waals surface area (Å²) in [6, 6.07) is 4.22. The van der Waals surface area contributed by atoms with Crippen LogP contribution in [0.25, 0.3) is 6.08 Å². The zero-order valence-electron chi connectivity index (χ0n) is 7.25. The van der Waals surface area contributed by atoms with E-state index in [9.17, 15) is 10.1 Å². The van der Waals surface area contributed by atoms with Crippen molar-refractivity contribution in [2.24, 2.45) is 0 Å². The molecule has 0 atom stereocenters. The molecule has 0 bridgehead atoms. The molecule has 0 spiro atoms. The van der Waals surface area contributed by atoms with Gasteiger partial charge in [0.1, 0.15) is 0 Å². The first-order chi connectivity index (χ1) is 6.65. The number of hydrogen-bond acceptors (Lipinski definition) is 4. The summed E-state index contributed by atoms with van der Waals surface area (Å²) in [5, 5.41) is 19.6. The van der Waals surface area contributed by atoms with Gasteiger partial charge in [0.25, 0.3) is 0 Å². The third-order valence-corrected chi connectivity index (χ3v) is 1.82. The maximum Gasteiger partial charge on any atom is 0.311 e. The molecule has 5 heteroatoms. The first-order valence-electron chi connectivity index (χ1n) is 3.90. The fraction of sp³-hybridized carbons (Fsp3) is 0.111. The third kappa shape index (κ3) is 2.50. The van der Waals surface area contributed by atoms with Gasteiger partial charge in [-0.1, -0.05) is 18.2 Å². The second kappa shape index (κ2) is 4.66. The van der Waals surface area contributed by atoms with Crippen LogP contribution >= 0.6 is 12.6 Å². The van der Waals surface area contributed by atoms with Crippen LogP contribution in [0.1, 0.15) is 5.56 Å². The highest BCUT2D eigenvalue weighted by Crippen LogP contribution is 2.26. The molecule has 1 aromatic carbocycles. The van der Waals surface area contributed by atoms with Crippen molar-refractivity contribution in [3.63, 3.8) is 0 Å². The molecule has 1 N–H and O–H groups in total. The van der Waals surface area contributed by atoms with Gasteiger partial charge in [-0.3, -0.25) is 10.1 Å². The van der Waals surface area contributed by atoms with E-state index in [1.54, 1.807) is 18.2 Å². The van der Waals surface area contributed by atoms with Crippen molar-refractivity contribution in [2.75, 3.05) is 5.75 Å². The molecule has 14 heavy (non-hydrogen) atoms. The molecule has 0 radical (unpaired) electrons. The third-order valence-electron chi connectivity index (χ3n) is 1.61. The van der Waals surface area contributed by atoms with Gasteiger partial charge < -0.3 is 5.11 Å². The molecule has 0 heterocycles. The van der Waals surface area contributed by atoms with Crippen LogP contribution < -0.4 is 0 Å². The zero-order chi connectivity index (χ0) is 10.6. The Morgan fingerprint density at radius 1 is 1.57 bits per heavy atom. The molecule has 0 unspecified atom stereocenters. The topological polar surface area (TPSA) is 63.4 Å². The predicted molar refractivity (Wildman–Crippen MR) is 57.6 cm³/mol. The zero-order valence-corrected chi connectivity index (χ0v) is 8.15. The van der Waals surface area contributed by atoms with Crippen LogP contribution in [0, 0.1) is 10.1 Å². The molecule has 0 aliphatic carbocycles. The number of phenolic OH excluding ortho intramolecular Hbond substituents is 1. The van der Waals surface area contributed by atoms with Gasteiger partial charge in [0, 0.05) is 11.8 Å². The van der Waals surface area contributed by atoms with Gasteiger partial charge in [0.05, 0.1) is 4.92 Å². The number of rotatable bonds is 3. The minimum absolute atomic E-state index is 0.286. The Balaban J connectivity index is 3.06. The number of benzene rings is 1. The molecule has 74 valence electrons. The first kappa shape index (κ1) is 10.6. The predicted octanol–water partition coefficient (Wildman–Crippen LogP) is 2.24. The van der Waals surface area contributed by atoms with Crippen molar-refractivity contribution in [1.82, 2.24) is 0 Å². The largest absolute Gasteiger partial charge is 0.502 e. The summed E-state index contributed by atoms with van der Waals surface area (Å²) in [7, 11) is 0. The summed E-state index contributed by atoms with van der Waals surface area (Å²) < 4.78 is 0. The van der Waals surface area contributed by atoms with Crippen molar-refractivity contribution in [3.8, 4) is 5.75 Å². The number of nitro benzene ring substituents is 1. The smallest absolute Gasteiger partial charge is 0.311 e. The first-order valence-corrected chi connectivity index (χ1v) is 4.53. The lowest BCUT2D eigenvalue weighted by Gasteiger charge is -1.97. The normalized spacial score (nSPS) is 10.6. The lowest BCUT2D eigenvalue weighted by Crippen LogP contribution is -1.88. The summed E-state index contributed by atoms with van der Waals surface area (Å²) in [5.74, 6) is 0.243. The van der Waals surface area contributed by atoms with Gasteiger partial charge in [-0.15, -0.1) is 0 Å². The lowest BCUT2D eigenvalue weighted by molar-refractivity contribution is -0.385. The SMILES string of the molecule is O=[N+]([O-])c1cc(C=CCS)ccc1O. The number of thiol groups is 1. The molecule has 1 aromatic rings. The van der Waals surface area contributed by atoms with E-state index < -0.39 is 4.92 Å². The van der Waals surface area contributed by atoms with E-state index in [0.717, 1.165) is 0 Å². The highest BCUT2D eigenvalue weighted by molar-refractivity contribution is 7.80. The van der Waals surface area contributed by atoms with Crippen molar-refractivity contribution in [2.45, 2.75) is 0 Å². The van der Waals surface area contributed by atoms with E-state index in [1.165, 1.54) is 12.1 Å². The number of phenols is 1. The van der Waals surface area contributed by atoms with E-state index in [4.69, 9.17) is 5.11 Å². The van der Waals surface area contributed by atoms with Gasteiger partial charge in [0.2, 0.25) is 0 Å². The summed E-state index contributed by atoms with van der Waals surface area (Å²) in [4.78, 5) is 9.84. The Bertz CT molecular complexity index is 376. The number of nitrogens with zero attached hydrogens (tertiary/aromatic N) is 1. The summed E-state index contributed by atoms with van der Waals surface area (Å²) >= 11 is 3.97. The lowest BCUT2D eigenvalue weighted by atomic mass is 10.2. The Hall–Kier alpha value is -1.49. The molecule has 0 fully saturated rings. The van der Waals surface area contributed by atoms with E-state index >= 15 is 0 Å². The van der Waals surface area contributed by atoms with Crippen LogP contribution in [0.5, 0.6) is 5.75 Å². The van der Waals surface area contributed by atoms with Crippen LogP contribution in [0.2, 0.25) is 0 Å². The van der Waals surface area contributed by atoms with Crippen molar-refractivity contribution < 1.29 is 10.0 Å². The van der Waals surface area contributed by atoms with Gasteiger partial charge in [-0.25, -0.2) is 0 Å². The van der Waals surface area contributed by atoms with Gasteiger partial charge in [0.15, 0.2) is 5.75 Å². The molecule has 1 rings (SSSR count). The summed E-state index contributed by atoms with van der Waals surface area (Å²) in [5.41, 5.74) is 0.384. The monoisotopic (exact) mass is 211 g/mol. The van der Waals surface area contributed by atoms with Crippen molar-refractivity contribution in [1.29, 1.82) is 0 Å². The van der Waals surface area contributed by atoms with Crippen molar-refractivity contribution >= 4 is 24.4 Å². The molecule has 0 aliphatic rings. The maximum absolute atomic E-state index is 10.5. The molecule has 0 aromatic heterocycles. The molecule has 0 aliphatic heterocycles. The number of hydrogen-bond donors (Lipinski definition) is 2. The van der Waals surface area contributed by atoms with Gasteiger partial charge >= 0.3 is 5.69 Å². The fourth-order valence-electron chi connectivity index (χ4n) is 0.979. The average Bonchev–Trinajstić information content (AvgIpc) is 2.16. The van der Waals surface area contributed by atoms with Crippen LogP contribution in [-0.2, 0) is 0 Å². The van der Waals surface area contributed by atoms with Crippen LogP contribution in [0.15, 0.2) is 24.3 Å². The molecule has 0 saturated heterocycles.